The molecule has 4 N–H and O–H groups in total. The number of nitrogens with zero attached hydrogens (tertiary/aromatic N) is 1. The van der Waals surface area contributed by atoms with Crippen molar-refractivity contribution in [3.8, 4) is 0 Å². The predicted octanol–water partition coefficient (Wildman–Crippen LogP) is 1.71. The normalized spacial score (nSPS) is 10.5. The Kier molecular flexibility index (Phi) is 1.59. The summed E-state index contributed by atoms with van der Waals surface area (Å²) in [5.74, 6) is 0.413. The Morgan fingerprint density at radius 2 is 1.85 bits per heavy atom. The summed E-state index contributed by atoms with van der Waals surface area (Å²) in [4.78, 5) is 4.19. The van der Waals surface area contributed by atoms with Gasteiger partial charge in [0.25, 0.3) is 0 Å². The standard InChI is InChI=1S/C10H11N3/c1-6-7-4-2-3-5-8(7)13-10(12)9(6)11/h2-5H,11H2,1H3,(H2,12,13). The van der Waals surface area contributed by atoms with Gasteiger partial charge in [-0.25, -0.2) is 4.98 Å². The maximum Gasteiger partial charge on any atom is 0.147 e. The van der Waals surface area contributed by atoms with E-state index < -0.39 is 0 Å². The Morgan fingerprint density at radius 3 is 2.62 bits per heavy atom. The maximum atomic E-state index is 5.76. The minimum absolute atomic E-state index is 0.413. The minimum Gasteiger partial charge on any atom is -0.396 e. The molecule has 3 nitrogen and oxygen atoms in total. The van der Waals surface area contributed by atoms with Crippen LogP contribution < -0.4 is 11.5 Å². The van der Waals surface area contributed by atoms with Crippen LogP contribution in [0.3, 0.4) is 0 Å². The molecular weight excluding hydrogens is 162 g/mol. The van der Waals surface area contributed by atoms with Crippen molar-refractivity contribution in [2.75, 3.05) is 11.5 Å². The number of hydrogen-bond donors (Lipinski definition) is 2. The van der Waals surface area contributed by atoms with Crippen LogP contribution in [0.2, 0.25) is 0 Å². The zero-order valence-corrected chi connectivity index (χ0v) is 7.41. The number of anilines is 2. The third-order valence-corrected chi connectivity index (χ3v) is 2.23. The van der Waals surface area contributed by atoms with Gasteiger partial charge in [-0.2, -0.15) is 0 Å². The summed E-state index contributed by atoms with van der Waals surface area (Å²) in [6.07, 6.45) is 0. The molecule has 0 unspecified atom stereocenters. The molecule has 3 heteroatoms. The molecule has 1 aromatic carbocycles. The van der Waals surface area contributed by atoms with Crippen molar-refractivity contribution in [1.29, 1.82) is 0 Å². The van der Waals surface area contributed by atoms with E-state index in [9.17, 15) is 0 Å². The molecule has 66 valence electrons. The van der Waals surface area contributed by atoms with Crippen molar-refractivity contribution in [3.63, 3.8) is 0 Å². The lowest BCUT2D eigenvalue weighted by Crippen LogP contribution is -2.00. The van der Waals surface area contributed by atoms with Crippen LogP contribution in [-0.4, -0.2) is 4.98 Å². The Balaban J connectivity index is 2.94. The van der Waals surface area contributed by atoms with E-state index in [1.165, 1.54) is 0 Å². The molecule has 1 heterocycles. The molecule has 0 aliphatic rings. The summed E-state index contributed by atoms with van der Waals surface area (Å²) >= 11 is 0. The second-order valence-electron chi connectivity index (χ2n) is 3.05. The highest BCUT2D eigenvalue weighted by atomic mass is 14.9. The fourth-order valence-corrected chi connectivity index (χ4v) is 1.42. The summed E-state index contributed by atoms with van der Waals surface area (Å²) in [6, 6.07) is 7.82. The number of benzene rings is 1. The van der Waals surface area contributed by atoms with Crippen LogP contribution in [0.4, 0.5) is 11.5 Å². The van der Waals surface area contributed by atoms with Crippen molar-refractivity contribution in [1.82, 2.24) is 4.98 Å². The molecule has 13 heavy (non-hydrogen) atoms. The molecular formula is C10H11N3. The first-order valence-corrected chi connectivity index (χ1v) is 4.10. The number of fused-ring (bicyclic) bond motifs is 1. The van der Waals surface area contributed by atoms with E-state index in [2.05, 4.69) is 4.98 Å². The summed E-state index contributed by atoms with van der Waals surface area (Å²) < 4.78 is 0. The molecule has 0 fully saturated rings. The molecule has 0 radical (unpaired) electrons. The van der Waals surface area contributed by atoms with Gasteiger partial charge in [-0.1, -0.05) is 18.2 Å². The Bertz CT molecular complexity index is 463. The van der Waals surface area contributed by atoms with Crippen molar-refractivity contribution < 1.29 is 0 Å². The topological polar surface area (TPSA) is 64.9 Å². The predicted molar refractivity (Wildman–Crippen MR) is 55.3 cm³/mol. The number of hydrogen-bond acceptors (Lipinski definition) is 3. The van der Waals surface area contributed by atoms with Gasteiger partial charge in [0.15, 0.2) is 0 Å². The molecule has 0 bridgehead atoms. The largest absolute Gasteiger partial charge is 0.396 e. The Hall–Kier alpha value is -1.77. The monoisotopic (exact) mass is 173 g/mol. The average Bonchev–Trinajstić information content (AvgIpc) is 2.15. The van der Waals surface area contributed by atoms with Crippen LogP contribution in [0, 0.1) is 6.92 Å². The van der Waals surface area contributed by atoms with Gasteiger partial charge >= 0.3 is 0 Å². The van der Waals surface area contributed by atoms with E-state index in [0.717, 1.165) is 16.5 Å². The SMILES string of the molecule is Cc1c(N)c(N)nc2ccccc12. The molecule has 0 amide bonds. The molecule has 2 aromatic rings. The lowest BCUT2D eigenvalue weighted by molar-refractivity contribution is 1.38. The second kappa shape index (κ2) is 2.62. The van der Waals surface area contributed by atoms with E-state index in [1.807, 2.05) is 31.2 Å². The minimum atomic E-state index is 0.413. The van der Waals surface area contributed by atoms with Crippen molar-refractivity contribution in [3.05, 3.63) is 29.8 Å². The highest BCUT2D eigenvalue weighted by Gasteiger charge is 2.04. The fourth-order valence-electron chi connectivity index (χ4n) is 1.42. The van der Waals surface area contributed by atoms with E-state index in [1.54, 1.807) is 0 Å². The van der Waals surface area contributed by atoms with Gasteiger partial charge in [-0.15, -0.1) is 0 Å². The van der Waals surface area contributed by atoms with Crippen LogP contribution in [-0.2, 0) is 0 Å². The number of para-hydroxylation sites is 1. The number of aromatic nitrogens is 1. The van der Waals surface area contributed by atoms with Crippen LogP contribution in [0.1, 0.15) is 5.56 Å². The van der Waals surface area contributed by atoms with Gasteiger partial charge in [0, 0.05) is 5.39 Å². The number of nitrogens with two attached hydrogens (primary N) is 2. The smallest absolute Gasteiger partial charge is 0.147 e. The molecule has 1 aromatic heterocycles. The number of aryl methyl sites for hydroxylation is 1. The van der Waals surface area contributed by atoms with Crippen molar-refractivity contribution in [2.45, 2.75) is 6.92 Å². The number of rotatable bonds is 0. The van der Waals surface area contributed by atoms with E-state index in [-0.39, 0.29) is 0 Å². The summed E-state index contributed by atoms with van der Waals surface area (Å²) in [5, 5.41) is 1.06. The first-order chi connectivity index (χ1) is 6.20. The van der Waals surface area contributed by atoms with Crippen LogP contribution in [0.5, 0.6) is 0 Å². The molecule has 0 aliphatic heterocycles. The van der Waals surface area contributed by atoms with Gasteiger partial charge in [0.05, 0.1) is 11.2 Å². The maximum absolute atomic E-state index is 5.76. The third kappa shape index (κ3) is 1.09. The molecule has 0 saturated heterocycles. The quantitative estimate of drug-likeness (QED) is 0.637. The Labute approximate surface area is 76.4 Å². The third-order valence-electron chi connectivity index (χ3n) is 2.23. The summed E-state index contributed by atoms with van der Waals surface area (Å²) in [5.41, 5.74) is 13.9. The van der Waals surface area contributed by atoms with Crippen molar-refractivity contribution in [2.24, 2.45) is 0 Å². The zero-order valence-electron chi connectivity index (χ0n) is 7.41. The molecule has 2 rings (SSSR count). The Morgan fingerprint density at radius 1 is 1.15 bits per heavy atom. The molecule has 0 aliphatic carbocycles. The van der Waals surface area contributed by atoms with E-state index >= 15 is 0 Å². The number of nitrogen functional groups attached to an aromatic ring is 2. The number of pyridine rings is 1. The van der Waals surface area contributed by atoms with Gasteiger partial charge in [-0.3, -0.25) is 0 Å². The first-order valence-electron chi connectivity index (χ1n) is 4.10. The lowest BCUT2D eigenvalue weighted by atomic mass is 10.1. The van der Waals surface area contributed by atoms with E-state index in [4.69, 9.17) is 11.5 Å². The van der Waals surface area contributed by atoms with Crippen LogP contribution in [0.25, 0.3) is 10.9 Å². The fraction of sp³-hybridized carbons (Fsp3) is 0.100. The average molecular weight is 173 g/mol. The highest BCUT2D eigenvalue weighted by molar-refractivity contribution is 5.89. The van der Waals surface area contributed by atoms with Crippen LogP contribution >= 0.6 is 0 Å². The van der Waals surface area contributed by atoms with Crippen LogP contribution in [0.15, 0.2) is 24.3 Å². The van der Waals surface area contributed by atoms with Crippen molar-refractivity contribution >= 4 is 22.4 Å². The lowest BCUT2D eigenvalue weighted by Gasteiger charge is -2.06. The molecule has 0 spiro atoms. The van der Waals surface area contributed by atoms with Gasteiger partial charge < -0.3 is 11.5 Å². The highest BCUT2D eigenvalue weighted by Crippen LogP contribution is 2.25. The molecule has 0 saturated carbocycles. The van der Waals surface area contributed by atoms with Gasteiger partial charge in [0.2, 0.25) is 0 Å². The van der Waals surface area contributed by atoms with Gasteiger partial charge in [-0.05, 0) is 18.6 Å². The first kappa shape index (κ1) is 7.86. The molecule has 0 atom stereocenters. The van der Waals surface area contributed by atoms with E-state index in [0.29, 0.717) is 11.5 Å². The zero-order chi connectivity index (χ0) is 9.42. The summed E-state index contributed by atoms with van der Waals surface area (Å²) in [6.45, 7) is 1.95. The summed E-state index contributed by atoms with van der Waals surface area (Å²) in [7, 11) is 0. The second-order valence-corrected chi connectivity index (χ2v) is 3.05. The van der Waals surface area contributed by atoms with Gasteiger partial charge in [0.1, 0.15) is 5.82 Å².